The minimum absolute atomic E-state index is 0.611. The summed E-state index contributed by atoms with van der Waals surface area (Å²) in [5.41, 5.74) is -1.27. The van der Waals surface area contributed by atoms with Crippen LogP contribution < -0.4 is 0 Å². The van der Waals surface area contributed by atoms with Gasteiger partial charge >= 0.3 is 11.9 Å². The lowest BCUT2D eigenvalue weighted by atomic mass is 10.4. The van der Waals surface area contributed by atoms with Crippen molar-refractivity contribution in [3.05, 3.63) is 0 Å². The fourth-order valence-electron chi connectivity index (χ4n) is 0.522. The molecule has 0 radical (unpaired) electrons. The summed E-state index contributed by atoms with van der Waals surface area (Å²) >= 11 is 5.21. The molecular formula is C5H5ClO4. The van der Waals surface area contributed by atoms with Gasteiger partial charge in [-0.3, -0.25) is 0 Å². The molecular weight excluding hydrogens is 160 g/mol. The molecule has 0 N–H and O–H groups in total. The smallest absolute Gasteiger partial charge is 0.364 e. The number of hydrogen-bond acceptors (Lipinski definition) is 4. The molecule has 4 nitrogen and oxygen atoms in total. The Hall–Kier alpha value is -0.770. The van der Waals surface area contributed by atoms with Gasteiger partial charge in [-0.1, -0.05) is 11.6 Å². The Morgan fingerprint density at radius 2 is 1.90 bits per heavy atom. The summed E-state index contributed by atoms with van der Waals surface area (Å²) < 4.78 is 8.83. The standard InChI is InChI=1S/C5H5ClO4/c1-2-4(7)10-3(6)5(8)9-2/h2-3H,1H3. The molecule has 0 aromatic heterocycles. The Bertz CT molecular complexity index is 158. The van der Waals surface area contributed by atoms with E-state index in [9.17, 15) is 9.59 Å². The van der Waals surface area contributed by atoms with Crippen LogP contribution in [-0.4, -0.2) is 23.6 Å². The lowest BCUT2D eigenvalue weighted by Crippen LogP contribution is -2.39. The monoisotopic (exact) mass is 164 g/mol. The molecule has 1 aliphatic rings. The molecule has 1 rings (SSSR count). The highest BCUT2D eigenvalue weighted by Crippen LogP contribution is 2.12. The van der Waals surface area contributed by atoms with E-state index in [1.54, 1.807) is 0 Å². The van der Waals surface area contributed by atoms with Crippen molar-refractivity contribution in [2.24, 2.45) is 0 Å². The van der Waals surface area contributed by atoms with Gasteiger partial charge in [0.2, 0.25) is 0 Å². The fourth-order valence-corrected chi connectivity index (χ4v) is 0.661. The van der Waals surface area contributed by atoms with Crippen molar-refractivity contribution in [3.63, 3.8) is 0 Å². The highest BCUT2D eigenvalue weighted by Gasteiger charge is 2.33. The van der Waals surface area contributed by atoms with Crippen LogP contribution in [0.15, 0.2) is 0 Å². The molecule has 0 aromatic carbocycles. The average Bonchev–Trinajstić information content (AvgIpc) is 1.84. The average molecular weight is 165 g/mol. The first kappa shape index (κ1) is 7.34. The van der Waals surface area contributed by atoms with Crippen LogP contribution in [0.5, 0.6) is 0 Å². The molecule has 5 heteroatoms. The predicted octanol–water partition coefficient (Wildman–Crippen LogP) is 0.0398. The first-order valence-corrected chi connectivity index (χ1v) is 3.10. The zero-order valence-corrected chi connectivity index (χ0v) is 5.92. The molecule has 0 aromatic rings. The molecule has 56 valence electrons. The van der Waals surface area contributed by atoms with Crippen molar-refractivity contribution in [2.75, 3.05) is 0 Å². The van der Waals surface area contributed by atoms with Gasteiger partial charge in [0.15, 0.2) is 6.10 Å². The zero-order valence-electron chi connectivity index (χ0n) is 5.17. The first-order chi connectivity index (χ1) is 4.61. The van der Waals surface area contributed by atoms with E-state index in [0.29, 0.717) is 0 Å². The van der Waals surface area contributed by atoms with Crippen molar-refractivity contribution >= 4 is 23.5 Å². The minimum Gasteiger partial charge on any atom is -0.447 e. The number of rotatable bonds is 0. The number of halogens is 1. The molecule has 2 atom stereocenters. The van der Waals surface area contributed by atoms with Crippen LogP contribution in [-0.2, 0) is 19.1 Å². The Morgan fingerprint density at radius 1 is 1.30 bits per heavy atom. The number of carbonyl (C=O) groups is 2. The molecule has 10 heavy (non-hydrogen) atoms. The van der Waals surface area contributed by atoms with E-state index >= 15 is 0 Å². The van der Waals surface area contributed by atoms with Gasteiger partial charge in [-0.2, -0.15) is 0 Å². The molecule has 0 amide bonds. The highest BCUT2D eigenvalue weighted by atomic mass is 35.5. The van der Waals surface area contributed by atoms with Crippen LogP contribution in [0.2, 0.25) is 0 Å². The van der Waals surface area contributed by atoms with E-state index in [4.69, 9.17) is 11.6 Å². The molecule has 0 aliphatic carbocycles. The van der Waals surface area contributed by atoms with Gasteiger partial charge in [-0.25, -0.2) is 9.59 Å². The molecule has 1 fully saturated rings. The quantitative estimate of drug-likeness (QED) is 0.375. The number of cyclic esters (lactones) is 2. The van der Waals surface area contributed by atoms with Gasteiger partial charge in [-0.15, -0.1) is 0 Å². The van der Waals surface area contributed by atoms with E-state index in [1.807, 2.05) is 0 Å². The number of ether oxygens (including phenoxy) is 2. The maximum atomic E-state index is 10.6. The van der Waals surface area contributed by atoms with Crippen LogP contribution in [0.4, 0.5) is 0 Å². The molecule has 0 spiro atoms. The topological polar surface area (TPSA) is 52.6 Å². The maximum absolute atomic E-state index is 10.6. The summed E-state index contributed by atoms with van der Waals surface area (Å²) in [6.45, 7) is 1.42. The van der Waals surface area contributed by atoms with E-state index in [-0.39, 0.29) is 0 Å². The summed E-state index contributed by atoms with van der Waals surface area (Å²) in [6, 6.07) is 0. The molecule has 1 saturated heterocycles. The van der Waals surface area contributed by atoms with Gasteiger partial charge in [-0.05, 0) is 6.92 Å². The van der Waals surface area contributed by atoms with E-state index in [1.165, 1.54) is 6.92 Å². The second-order valence-corrected chi connectivity index (χ2v) is 2.23. The van der Waals surface area contributed by atoms with Crippen LogP contribution in [0.3, 0.4) is 0 Å². The van der Waals surface area contributed by atoms with Gasteiger partial charge in [0.25, 0.3) is 5.56 Å². The summed E-state index contributed by atoms with van der Waals surface area (Å²) in [7, 11) is 0. The van der Waals surface area contributed by atoms with Gasteiger partial charge in [0.1, 0.15) is 0 Å². The Morgan fingerprint density at radius 3 is 2.40 bits per heavy atom. The third-order valence-electron chi connectivity index (χ3n) is 1.03. The maximum Gasteiger partial charge on any atom is 0.364 e. The largest absolute Gasteiger partial charge is 0.447 e. The number of carbonyl (C=O) groups excluding carboxylic acids is 2. The summed E-state index contributed by atoms with van der Waals surface area (Å²) in [5.74, 6) is -1.33. The van der Waals surface area contributed by atoms with E-state index in [2.05, 4.69) is 9.47 Å². The van der Waals surface area contributed by atoms with E-state index < -0.39 is 23.6 Å². The third-order valence-corrected chi connectivity index (χ3v) is 1.30. The number of alkyl halides is 1. The van der Waals surface area contributed by atoms with Crippen LogP contribution in [0.1, 0.15) is 6.92 Å². The second kappa shape index (κ2) is 2.46. The lowest BCUT2D eigenvalue weighted by Gasteiger charge is -2.20. The van der Waals surface area contributed by atoms with Crippen molar-refractivity contribution in [3.8, 4) is 0 Å². The Labute approximate surface area is 62.0 Å². The normalized spacial score (nSPS) is 33.0. The third kappa shape index (κ3) is 1.21. The summed E-state index contributed by atoms with van der Waals surface area (Å²) in [5, 5.41) is 0. The van der Waals surface area contributed by atoms with Crippen molar-refractivity contribution in [1.82, 2.24) is 0 Å². The number of esters is 2. The Kier molecular flexibility index (Phi) is 1.80. The Balaban J connectivity index is 2.63. The van der Waals surface area contributed by atoms with Crippen molar-refractivity contribution < 1.29 is 19.1 Å². The van der Waals surface area contributed by atoms with Crippen molar-refractivity contribution in [1.29, 1.82) is 0 Å². The van der Waals surface area contributed by atoms with Gasteiger partial charge in [0, 0.05) is 0 Å². The fraction of sp³-hybridized carbons (Fsp3) is 0.600. The minimum atomic E-state index is -1.27. The summed E-state index contributed by atoms with van der Waals surface area (Å²) in [6.07, 6.45) is -0.831. The highest BCUT2D eigenvalue weighted by molar-refractivity contribution is 6.29. The predicted molar refractivity (Wildman–Crippen MR) is 31.3 cm³/mol. The van der Waals surface area contributed by atoms with Crippen LogP contribution in [0.25, 0.3) is 0 Å². The van der Waals surface area contributed by atoms with Crippen LogP contribution >= 0.6 is 11.6 Å². The van der Waals surface area contributed by atoms with Crippen molar-refractivity contribution in [2.45, 2.75) is 18.6 Å². The second-order valence-electron chi connectivity index (χ2n) is 1.83. The first-order valence-electron chi connectivity index (χ1n) is 2.66. The molecule has 0 bridgehead atoms. The molecule has 2 unspecified atom stereocenters. The van der Waals surface area contributed by atoms with Gasteiger partial charge < -0.3 is 9.47 Å². The lowest BCUT2D eigenvalue weighted by molar-refractivity contribution is -0.186. The van der Waals surface area contributed by atoms with Crippen LogP contribution in [0, 0.1) is 0 Å². The molecule has 1 heterocycles. The number of hydrogen-bond donors (Lipinski definition) is 0. The molecule has 1 aliphatic heterocycles. The summed E-state index contributed by atoms with van der Waals surface area (Å²) in [4.78, 5) is 21.1. The SMILES string of the molecule is CC1OC(=O)C(Cl)OC1=O. The molecule has 0 saturated carbocycles. The van der Waals surface area contributed by atoms with E-state index in [0.717, 1.165) is 0 Å². The van der Waals surface area contributed by atoms with Gasteiger partial charge in [0.05, 0.1) is 0 Å². The zero-order chi connectivity index (χ0) is 7.72.